The summed E-state index contributed by atoms with van der Waals surface area (Å²) in [5, 5.41) is 0.369. The molecule has 0 spiro atoms. The first kappa shape index (κ1) is 17.8. The fourth-order valence-electron chi connectivity index (χ4n) is 1.92. The molecule has 1 aromatic carbocycles. The Morgan fingerprint density at radius 2 is 1.71 bits per heavy atom. The van der Waals surface area contributed by atoms with Gasteiger partial charge in [0.05, 0.1) is 0 Å². The molecule has 0 heterocycles. The highest BCUT2D eigenvalue weighted by Gasteiger charge is 2.44. The number of hydrogen-bond acceptors (Lipinski definition) is 2. The fourth-order valence-corrected chi connectivity index (χ4v) is 2.68. The van der Waals surface area contributed by atoms with Crippen molar-refractivity contribution in [1.29, 1.82) is 0 Å². The first-order valence-electron chi connectivity index (χ1n) is 6.85. The number of halogens is 3. The van der Waals surface area contributed by atoms with Crippen LogP contribution in [0.3, 0.4) is 0 Å². The lowest BCUT2D eigenvalue weighted by atomic mass is 10.0. The van der Waals surface area contributed by atoms with Gasteiger partial charge in [-0.2, -0.15) is 13.2 Å². The minimum absolute atomic E-state index is 0.212. The Morgan fingerprint density at radius 3 is 2.24 bits per heavy atom. The zero-order valence-electron chi connectivity index (χ0n) is 11.9. The minimum atomic E-state index is -5.25. The van der Waals surface area contributed by atoms with E-state index in [0.717, 1.165) is 19.3 Å². The highest BCUT2D eigenvalue weighted by atomic mass is 32.2. The van der Waals surface area contributed by atoms with Crippen LogP contribution in [0.5, 0.6) is 0 Å². The van der Waals surface area contributed by atoms with Crippen molar-refractivity contribution in [1.82, 2.24) is 0 Å². The van der Waals surface area contributed by atoms with Crippen molar-refractivity contribution < 1.29 is 21.6 Å². The quantitative estimate of drug-likeness (QED) is 0.667. The number of allylic oxidation sites excluding steroid dienone is 1. The lowest BCUT2D eigenvalue weighted by Gasteiger charge is -2.10. The molecule has 6 heteroatoms. The minimum Gasteiger partial charge on any atom is -0.215 e. The Balaban J connectivity index is 3.03. The number of sulfone groups is 1. The van der Waals surface area contributed by atoms with Gasteiger partial charge in [-0.15, -0.1) is 0 Å². The number of benzene rings is 1. The fraction of sp³-hybridized carbons (Fsp3) is 0.467. The third-order valence-corrected chi connectivity index (χ3v) is 4.30. The first-order chi connectivity index (χ1) is 9.78. The molecule has 0 saturated carbocycles. The highest BCUT2D eigenvalue weighted by Crippen LogP contribution is 2.30. The smallest absolute Gasteiger partial charge is 0.215 e. The van der Waals surface area contributed by atoms with Crippen LogP contribution in [-0.2, 0) is 9.84 Å². The maximum absolute atomic E-state index is 12.5. The van der Waals surface area contributed by atoms with Gasteiger partial charge in [0.15, 0.2) is 0 Å². The van der Waals surface area contributed by atoms with Crippen LogP contribution in [0.1, 0.15) is 44.6 Å². The number of rotatable bonds is 7. The zero-order valence-corrected chi connectivity index (χ0v) is 12.7. The molecule has 0 atom stereocenters. The molecule has 0 radical (unpaired) electrons. The van der Waals surface area contributed by atoms with E-state index in [2.05, 4.69) is 0 Å². The van der Waals surface area contributed by atoms with Crippen molar-refractivity contribution in [2.24, 2.45) is 0 Å². The molecule has 118 valence electrons. The number of alkyl halides is 3. The van der Waals surface area contributed by atoms with Crippen LogP contribution in [-0.4, -0.2) is 13.9 Å². The predicted molar refractivity (Wildman–Crippen MR) is 78.2 cm³/mol. The van der Waals surface area contributed by atoms with Gasteiger partial charge in [-0.25, -0.2) is 8.42 Å². The van der Waals surface area contributed by atoms with Crippen LogP contribution in [0.25, 0.3) is 5.57 Å². The van der Waals surface area contributed by atoms with E-state index in [4.69, 9.17) is 0 Å². The summed E-state index contributed by atoms with van der Waals surface area (Å²) in [6.45, 7) is 2.03. The van der Waals surface area contributed by atoms with Crippen molar-refractivity contribution in [3.05, 3.63) is 41.3 Å². The van der Waals surface area contributed by atoms with Crippen LogP contribution in [0.4, 0.5) is 13.2 Å². The number of hydrogen-bond donors (Lipinski definition) is 0. The largest absolute Gasteiger partial charge is 0.501 e. The van der Waals surface area contributed by atoms with E-state index >= 15 is 0 Å². The topological polar surface area (TPSA) is 34.1 Å². The van der Waals surface area contributed by atoms with E-state index in [1.165, 1.54) is 0 Å². The first-order valence-corrected chi connectivity index (χ1v) is 8.40. The summed E-state index contributed by atoms with van der Waals surface area (Å²) in [5.41, 5.74) is -4.53. The summed E-state index contributed by atoms with van der Waals surface area (Å²) in [4.78, 5) is 0. The molecule has 1 aromatic rings. The van der Waals surface area contributed by atoms with Crippen LogP contribution >= 0.6 is 0 Å². The number of unbranched alkanes of at least 4 members (excludes halogenated alkanes) is 3. The van der Waals surface area contributed by atoms with Gasteiger partial charge in [0.1, 0.15) is 0 Å². The molecular weight excluding hydrogens is 301 g/mol. The van der Waals surface area contributed by atoms with Gasteiger partial charge in [0.2, 0.25) is 0 Å². The lowest BCUT2D eigenvalue weighted by molar-refractivity contribution is -0.0423. The summed E-state index contributed by atoms with van der Waals surface area (Å²) in [7, 11) is -5.25. The van der Waals surface area contributed by atoms with Gasteiger partial charge >= 0.3 is 5.51 Å². The third kappa shape index (κ3) is 5.53. The molecule has 21 heavy (non-hydrogen) atoms. The molecule has 2 nitrogen and oxygen atoms in total. The average molecular weight is 320 g/mol. The molecule has 0 amide bonds. The average Bonchev–Trinajstić information content (AvgIpc) is 2.42. The molecule has 0 saturated heterocycles. The summed E-state index contributed by atoms with van der Waals surface area (Å²) >= 11 is 0. The Bertz CT molecular complexity index is 560. The highest BCUT2D eigenvalue weighted by molar-refractivity contribution is 7.95. The second-order valence-corrected chi connectivity index (χ2v) is 6.60. The normalized spacial score (nSPS) is 13.4. The van der Waals surface area contributed by atoms with E-state index in [1.54, 1.807) is 30.3 Å². The monoisotopic (exact) mass is 320 g/mol. The predicted octanol–water partition coefficient (Wildman–Crippen LogP) is 4.93. The van der Waals surface area contributed by atoms with E-state index in [-0.39, 0.29) is 5.57 Å². The zero-order chi connectivity index (χ0) is 15.9. The van der Waals surface area contributed by atoms with E-state index in [0.29, 0.717) is 23.8 Å². The summed E-state index contributed by atoms with van der Waals surface area (Å²) < 4.78 is 60.2. The summed E-state index contributed by atoms with van der Waals surface area (Å²) in [6, 6.07) is 8.33. The standard InChI is InChI=1S/C15H19F3O2S/c1-2-3-4-6-11-14(13-9-7-5-8-10-13)12-21(19,20)15(16,17)18/h5,7-10,12H,2-4,6,11H2,1H3/b14-12+. The second kappa shape index (κ2) is 7.64. The molecule has 0 aromatic heterocycles. The summed E-state index contributed by atoms with van der Waals surface area (Å²) in [6.07, 6.45) is 3.84. The molecule has 0 aliphatic heterocycles. The summed E-state index contributed by atoms with van der Waals surface area (Å²) in [5.74, 6) is 0. The molecule has 0 aliphatic rings. The Morgan fingerprint density at radius 1 is 1.10 bits per heavy atom. The van der Waals surface area contributed by atoms with E-state index in [1.807, 2.05) is 6.92 Å². The molecule has 0 bridgehead atoms. The Kier molecular flexibility index (Phi) is 6.45. The Labute approximate surface area is 123 Å². The molecule has 0 unspecified atom stereocenters. The Hall–Kier alpha value is -1.30. The van der Waals surface area contributed by atoms with Crippen molar-refractivity contribution in [3.8, 4) is 0 Å². The SMILES string of the molecule is CCCCCC/C(=C\S(=O)(=O)C(F)(F)F)c1ccccc1. The van der Waals surface area contributed by atoms with Crippen molar-refractivity contribution in [3.63, 3.8) is 0 Å². The van der Waals surface area contributed by atoms with Crippen molar-refractivity contribution >= 4 is 15.4 Å². The molecule has 0 N–H and O–H groups in total. The second-order valence-electron chi connectivity index (χ2n) is 4.81. The van der Waals surface area contributed by atoms with Gasteiger partial charge in [-0.05, 0) is 24.0 Å². The van der Waals surface area contributed by atoms with E-state index < -0.39 is 15.3 Å². The van der Waals surface area contributed by atoms with E-state index in [9.17, 15) is 21.6 Å². The van der Waals surface area contributed by atoms with Crippen LogP contribution in [0, 0.1) is 0 Å². The maximum atomic E-state index is 12.5. The van der Waals surface area contributed by atoms with Gasteiger partial charge in [-0.3, -0.25) is 0 Å². The molecule has 0 aliphatic carbocycles. The van der Waals surface area contributed by atoms with Crippen molar-refractivity contribution in [2.45, 2.75) is 44.5 Å². The van der Waals surface area contributed by atoms with Crippen LogP contribution < -0.4 is 0 Å². The van der Waals surface area contributed by atoms with Gasteiger partial charge in [0.25, 0.3) is 9.84 Å². The van der Waals surface area contributed by atoms with Crippen molar-refractivity contribution in [2.75, 3.05) is 0 Å². The van der Waals surface area contributed by atoms with Gasteiger partial charge in [0, 0.05) is 5.41 Å². The molecule has 0 fully saturated rings. The molecule has 1 rings (SSSR count). The van der Waals surface area contributed by atoms with Crippen LogP contribution in [0.2, 0.25) is 0 Å². The van der Waals surface area contributed by atoms with Gasteiger partial charge < -0.3 is 0 Å². The van der Waals surface area contributed by atoms with Crippen LogP contribution in [0.15, 0.2) is 35.7 Å². The molecular formula is C15H19F3O2S. The maximum Gasteiger partial charge on any atom is 0.501 e. The third-order valence-electron chi connectivity index (χ3n) is 3.06. The lowest BCUT2D eigenvalue weighted by Crippen LogP contribution is -2.20. The van der Waals surface area contributed by atoms with Gasteiger partial charge in [-0.1, -0.05) is 56.5 Å².